The van der Waals surface area contributed by atoms with Gasteiger partial charge in [0.25, 0.3) is 11.6 Å². The fourth-order valence-electron chi connectivity index (χ4n) is 2.22. The van der Waals surface area contributed by atoms with Gasteiger partial charge in [-0.1, -0.05) is 13.0 Å². The smallest absolute Gasteiger partial charge is 0.310 e. The van der Waals surface area contributed by atoms with Crippen LogP contribution >= 0.6 is 0 Å². The monoisotopic (exact) mass is 338 g/mol. The molecule has 1 amide bonds. The minimum atomic E-state index is -0.552. The van der Waals surface area contributed by atoms with E-state index in [0.29, 0.717) is 19.6 Å². The Hall–Kier alpha value is -2.48. The summed E-state index contributed by atoms with van der Waals surface area (Å²) in [7, 11) is 2.85. The van der Waals surface area contributed by atoms with Crippen molar-refractivity contribution in [2.75, 3.05) is 33.9 Å². The molecule has 1 atom stereocenters. The first-order valence-corrected chi connectivity index (χ1v) is 7.51. The van der Waals surface area contributed by atoms with Gasteiger partial charge in [-0.2, -0.15) is 0 Å². The molecular formula is C16H22N2O6. The highest BCUT2D eigenvalue weighted by Crippen LogP contribution is 2.16. The summed E-state index contributed by atoms with van der Waals surface area (Å²) in [4.78, 5) is 36.1. The van der Waals surface area contributed by atoms with Gasteiger partial charge in [0.05, 0.1) is 18.0 Å². The van der Waals surface area contributed by atoms with E-state index in [1.54, 1.807) is 14.0 Å². The molecule has 0 aromatic heterocycles. The lowest BCUT2D eigenvalue weighted by Crippen LogP contribution is -2.38. The van der Waals surface area contributed by atoms with Crippen LogP contribution in [0.5, 0.6) is 0 Å². The number of nitrogens with zero attached hydrogens (tertiary/aromatic N) is 2. The second kappa shape index (κ2) is 9.61. The van der Waals surface area contributed by atoms with Crippen LogP contribution in [0.1, 0.15) is 23.7 Å². The van der Waals surface area contributed by atoms with E-state index in [-0.39, 0.29) is 23.7 Å². The number of carbonyl (C=O) groups excluding carboxylic acids is 2. The molecule has 0 aliphatic heterocycles. The SMILES string of the molecule is COCCCN(CC(C)C(=O)OC)C(=O)c1cccc([N+](=O)[O-])c1. The average molecular weight is 338 g/mol. The van der Waals surface area contributed by atoms with Crippen molar-refractivity contribution >= 4 is 17.6 Å². The Morgan fingerprint density at radius 3 is 2.62 bits per heavy atom. The number of nitro benzene ring substituents is 1. The van der Waals surface area contributed by atoms with Crippen molar-refractivity contribution in [3.8, 4) is 0 Å². The Morgan fingerprint density at radius 2 is 2.04 bits per heavy atom. The quantitative estimate of drug-likeness (QED) is 0.295. The number of ether oxygens (including phenoxy) is 2. The highest BCUT2D eigenvalue weighted by atomic mass is 16.6. The molecule has 8 heteroatoms. The molecule has 0 saturated heterocycles. The Morgan fingerprint density at radius 1 is 1.33 bits per heavy atom. The fourth-order valence-corrected chi connectivity index (χ4v) is 2.22. The number of rotatable bonds is 9. The van der Waals surface area contributed by atoms with Crippen LogP contribution in [0.25, 0.3) is 0 Å². The lowest BCUT2D eigenvalue weighted by atomic mass is 10.1. The van der Waals surface area contributed by atoms with Crippen LogP contribution < -0.4 is 0 Å². The predicted octanol–water partition coefficient (Wildman–Crippen LogP) is 1.88. The van der Waals surface area contributed by atoms with E-state index >= 15 is 0 Å². The maximum absolute atomic E-state index is 12.7. The molecule has 8 nitrogen and oxygen atoms in total. The van der Waals surface area contributed by atoms with E-state index in [0.717, 1.165) is 0 Å². The van der Waals surface area contributed by atoms with Crippen molar-refractivity contribution in [2.45, 2.75) is 13.3 Å². The fraction of sp³-hybridized carbons (Fsp3) is 0.500. The molecular weight excluding hydrogens is 316 g/mol. The number of hydrogen-bond acceptors (Lipinski definition) is 6. The molecule has 0 heterocycles. The molecule has 1 unspecified atom stereocenters. The van der Waals surface area contributed by atoms with Crippen molar-refractivity contribution in [1.29, 1.82) is 0 Å². The Balaban J connectivity index is 2.95. The number of nitro groups is 1. The number of carbonyl (C=O) groups is 2. The maximum Gasteiger partial charge on any atom is 0.310 e. The second-order valence-corrected chi connectivity index (χ2v) is 5.33. The number of hydrogen-bond donors (Lipinski definition) is 0. The van der Waals surface area contributed by atoms with Gasteiger partial charge in [-0.25, -0.2) is 0 Å². The number of amides is 1. The molecule has 0 radical (unpaired) electrons. The summed E-state index contributed by atoms with van der Waals surface area (Å²) < 4.78 is 9.67. The lowest BCUT2D eigenvalue weighted by Gasteiger charge is -2.25. The van der Waals surface area contributed by atoms with Crippen LogP contribution in [0.15, 0.2) is 24.3 Å². The average Bonchev–Trinajstić information content (AvgIpc) is 2.59. The third kappa shape index (κ3) is 5.62. The second-order valence-electron chi connectivity index (χ2n) is 5.33. The molecule has 0 aliphatic rings. The third-order valence-electron chi connectivity index (χ3n) is 3.47. The largest absolute Gasteiger partial charge is 0.469 e. The maximum atomic E-state index is 12.7. The zero-order valence-corrected chi connectivity index (χ0v) is 14.1. The molecule has 0 spiro atoms. The standard InChI is InChI=1S/C16H22N2O6/c1-12(16(20)24-3)11-17(8-5-9-23-2)15(19)13-6-4-7-14(10-13)18(21)22/h4,6-7,10,12H,5,8-9,11H2,1-3H3. The first kappa shape index (κ1) is 19.6. The van der Waals surface area contributed by atoms with Crippen molar-refractivity contribution in [3.63, 3.8) is 0 Å². The van der Waals surface area contributed by atoms with E-state index in [1.165, 1.54) is 36.3 Å². The van der Waals surface area contributed by atoms with E-state index in [2.05, 4.69) is 4.74 Å². The Labute approximate surface area is 140 Å². The summed E-state index contributed by atoms with van der Waals surface area (Å²) in [5.41, 5.74) is 0.0531. The molecule has 0 bridgehead atoms. The van der Waals surface area contributed by atoms with Crippen molar-refractivity contribution < 1.29 is 24.0 Å². The van der Waals surface area contributed by atoms with Crippen molar-refractivity contribution in [3.05, 3.63) is 39.9 Å². The van der Waals surface area contributed by atoms with Gasteiger partial charge in [-0.15, -0.1) is 0 Å². The first-order valence-electron chi connectivity index (χ1n) is 7.51. The first-order chi connectivity index (χ1) is 11.4. The zero-order chi connectivity index (χ0) is 18.1. The van der Waals surface area contributed by atoms with Gasteiger partial charge in [0.1, 0.15) is 0 Å². The highest BCUT2D eigenvalue weighted by molar-refractivity contribution is 5.95. The van der Waals surface area contributed by atoms with E-state index in [1.807, 2.05) is 0 Å². The van der Waals surface area contributed by atoms with Crippen LogP contribution in [-0.4, -0.2) is 55.6 Å². The molecule has 0 N–H and O–H groups in total. The predicted molar refractivity (Wildman–Crippen MR) is 86.7 cm³/mol. The highest BCUT2D eigenvalue weighted by Gasteiger charge is 2.23. The van der Waals surface area contributed by atoms with Gasteiger partial charge in [0.2, 0.25) is 0 Å². The summed E-state index contributed by atoms with van der Waals surface area (Å²) in [5.74, 6) is -1.29. The topological polar surface area (TPSA) is 99.0 Å². The Kier molecular flexibility index (Phi) is 7.84. The molecule has 24 heavy (non-hydrogen) atoms. The lowest BCUT2D eigenvalue weighted by molar-refractivity contribution is -0.384. The van der Waals surface area contributed by atoms with Gasteiger partial charge in [0.15, 0.2) is 0 Å². The summed E-state index contributed by atoms with van der Waals surface area (Å²) in [6.45, 7) is 2.66. The van der Waals surface area contributed by atoms with Crippen LogP contribution in [0.4, 0.5) is 5.69 Å². The van der Waals surface area contributed by atoms with Crippen LogP contribution in [0, 0.1) is 16.0 Å². The normalized spacial score (nSPS) is 11.6. The van der Waals surface area contributed by atoms with Gasteiger partial charge in [0, 0.05) is 44.5 Å². The summed E-state index contributed by atoms with van der Waals surface area (Å²) in [5, 5.41) is 10.9. The molecule has 1 aromatic rings. The van der Waals surface area contributed by atoms with Crippen LogP contribution in [0.3, 0.4) is 0 Å². The Bertz CT molecular complexity index is 590. The van der Waals surface area contributed by atoms with Crippen molar-refractivity contribution in [1.82, 2.24) is 4.90 Å². The molecule has 0 aliphatic carbocycles. The summed E-state index contributed by atoms with van der Waals surface area (Å²) in [6, 6.07) is 5.53. The van der Waals surface area contributed by atoms with Gasteiger partial charge in [-0.05, 0) is 12.5 Å². The third-order valence-corrected chi connectivity index (χ3v) is 3.47. The molecule has 1 rings (SSSR count). The van der Waals surface area contributed by atoms with E-state index < -0.39 is 16.8 Å². The van der Waals surface area contributed by atoms with Gasteiger partial charge < -0.3 is 14.4 Å². The molecule has 132 valence electrons. The number of esters is 1. The van der Waals surface area contributed by atoms with Crippen LogP contribution in [0.2, 0.25) is 0 Å². The summed E-state index contributed by atoms with van der Waals surface area (Å²) >= 11 is 0. The van der Waals surface area contributed by atoms with E-state index in [4.69, 9.17) is 4.74 Å². The molecule has 0 fully saturated rings. The van der Waals surface area contributed by atoms with Gasteiger partial charge in [-0.3, -0.25) is 19.7 Å². The molecule has 1 aromatic carbocycles. The number of benzene rings is 1. The van der Waals surface area contributed by atoms with Crippen molar-refractivity contribution in [2.24, 2.45) is 5.92 Å². The van der Waals surface area contributed by atoms with Gasteiger partial charge >= 0.3 is 5.97 Å². The number of non-ortho nitro benzene ring substituents is 1. The number of methoxy groups -OCH3 is 2. The minimum Gasteiger partial charge on any atom is -0.469 e. The van der Waals surface area contributed by atoms with E-state index in [9.17, 15) is 19.7 Å². The van der Waals surface area contributed by atoms with Crippen LogP contribution in [-0.2, 0) is 14.3 Å². The summed E-state index contributed by atoms with van der Waals surface area (Å²) in [6.07, 6.45) is 0.588. The minimum absolute atomic E-state index is 0.154. The molecule has 0 saturated carbocycles. The zero-order valence-electron chi connectivity index (χ0n) is 14.1.